The van der Waals surface area contributed by atoms with Crippen LogP contribution in [0.4, 0.5) is 11.4 Å². The first-order valence-electron chi connectivity index (χ1n) is 6.67. The van der Waals surface area contributed by atoms with Crippen LogP contribution in [0.2, 0.25) is 0 Å². The molecule has 0 aromatic heterocycles. The van der Waals surface area contributed by atoms with Crippen molar-refractivity contribution in [2.45, 2.75) is 6.92 Å². The predicted molar refractivity (Wildman–Crippen MR) is 87.5 cm³/mol. The fraction of sp³-hybridized carbons (Fsp3) is 0.500. The van der Waals surface area contributed by atoms with E-state index in [1.807, 2.05) is 17.0 Å². The van der Waals surface area contributed by atoms with Crippen LogP contribution in [-0.4, -0.2) is 38.6 Å². The van der Waals surface area contributed by atoms with E-state index in [0.29, 0.717) is 0 Å². The van der Waals surface area contributed by atoms with Gasteiger partial charge in [-0.05, 0) is 19.1 Å². The highest BCUT2D eigenvalue weighted by molar-refractivity contribution is 5.99. The quantitative estimate of drug-likeness (QED) is 0.905. The lowest BCUT2D eigenvalue weighted by molar-refractivity contribution is -0.123. The molecule has 3 rings (SSSR count). The average molecular weight is 318 g/mol. The molecule has 0 spiro atoms. The molecule has 1 aromatic carbocycles. The summed E-state index contributed by atoms with van der Waals surface area (Å²) in [5, 5.41) is 3.17. The lowest BCUT2D eigenvalue weighted by atomic mass is 10.0. The molecule has 0 saturated carbocycles. The molecule has 4 nitrogen and oxygen atoms in total. The second-order valence-electron chi connectivity index (χ2n) is 4.91. The van der Waals surface area contributed by atoms with Crippen LogP contribution < -0.4 is 15.1 Å². The molecule has 2 heterocycles. The third-order valence-electron chi connectivity index (χ3n) is 3.89. The second-order valence-corrected chi connectivity index (χ2v) is 4.91. The van der Waals surface area contributed by atoms with E-state index in [4.69, 9.17) is 0 Å². The molecule has 1 N–H and O–H groups in total. The molecule has 1 saturated heterocycles. The Balaban J connectivity index is 0.000001000. The number of amides is 1. The normalized spacial score (nSPS) is 17.4. The highest BCUT2D eigenvalue weighted by Crippen LogP contribution is 2.33. The maximum absolute atomic E-state index is 12.4. The van der Waals surface area contributed by atoms with E-state index in [-0.39, 0.29) is 36.6 Å². The van der Waals surface area contributed by atoms with Gasteiger partial charge in [0.15, 0.2) is 0 Å². The number of fused-ring (bicyclic) bond motifs is 1. The maximum Gasteiger partial charge on any atom is 0.232 e. The van der Waals surface area contributed by atoms with Gasteiger partial charge in [0, 0.05) is 32.7 Å². The van der Waals surface area contributed by atoms with Crippen molar-refractivity contribution in [3.05, 3.63) is 24.3 Å². The molecule has 0 bridgehead atoms. The maximum atomic E-state index is 12.4. The molecule has 1 fully saturated rings. The van der Waals surface area contributed by atoms with Crippen LogP contribution in [-0.2, 0) is 4.79 Å². The summed E-state index contributed by atoms with van der Waals surface area (Å²) in [6.07, 6.45) is 0. The van der Waals surface area contributed by atoms with Crippen molar-refractivity contribution in [1.29, 1.82) is 0 Å². The SMILES string of the molecule is CCN1CCN(C(=O)C2CNC2)c2ccccc21.Cl.Cl. The van der Waals surface area contributed by atoms with Crippen molar-refractivity contribution in [3.8, 4) is 0 Å². The highest BCUT2D eigenvalue weighted by Gasteiger charge is 2.33. The Kier molecular flexibility index (Phi) is 6.11. The van der Waals surface area contributed by atoms with Gasteiger partial charge in [0.1, 0.15) is 0 Å². The number of carbonyl (C=O) groups is 1. The van der Waals surface area contributed by atoms with Gasteiger partial charge in [-0.25, -0.2) is 0 Å². The zero-order chi connectivity index (χ0) is 12.5. The van der Waals surface area contributed by atoms with Crippen LogP contribution in [0.3, 0.4) is 0 Å². The smallest absolute Gasteiger partial charge is 0.232 e. The Morgan fingerprint density at radius 3 is 2.40 bits per heavy atom. The summed E-state index contributed by atoms with van der Waals surface area (Å²) in [6, 6.07) is 8.22. The van der Waals surface area contributed by atoms with Gasteiger partial charge in [0.2, 0.25) is 5.91 Å². The molecule has 2 aliphatic heterocycles. The number of hydrogen-bond donors (Lipinski definition) is 1. The number of para-hydroxylation sites is 2. The summed E-state index contributed by atoms with van der Waals surface area (Å²) in [5.74, 6) is 0.447. The van der Waals surface area contributed by atoms with E-state index in [0.717, 1.165) is 38.4 Å². The summed E-state index contributed by atoms with van der Waals surface area (Å²) < 4.78 is 0. The Labute approximate surface area is 132 Å². The van der Waals surface area contributed by atoms with Gasteiger partial charge in [0.25, 0.3) is 0 Å². The van der Waals surface area contributed by atoms with Crippen molar-refractivity contribution in [2.75, 3.05) is 42.5 Å². The van der Waals surface area contributed by atoms with E-state index in [2.05, 4.69) is 29.3 Å². The Morgan fingerprint density at radius 1 is 1.20 bits per heavy atom. The van der Waals surface area contributed by atoms with E-state index in [1.54, 1.807) is 0 Å². The number of nitrogens with one attached hydrogen (secondary N) is 1. The number of hydrogen-bond acceptors (Lipinski definition) is 3. The minimum atomic E-state index is 0. The second kappa shape index (κ2) is 7.16. The van der Waals surface area contributed by atoms with Crippen molar-refractivity contribution in [3.63, 3.8) is 0 Å². The largest absolute Gasteiger partial charge is 0.368 e. The first-order chi connectivity index (χ1) is 8.81. The fourth-order valence-electron chi connectivity index (χ4n) is 2.66. The summed E-state index contributed by atoms with van der Waals surface area (Å²) in [7, 11) is 0. The zero-order valence-electron chi connectivity index (χ0n) is 11.5. The number of halogens is 2. The highest BCUT2D eigenvalue weighted by atomic mass is 35.5. The molecule has 2 aliphatic rings. The topological polar surface area (TPSA) is 35.6 Å². The van der Waals surface area contributed by atoms with Crippen molar-refractivity contribution in [2.24, 2.45) is 5.92 Å². The molecule has 1 aromatic rings. The van der Waals surface area contributed by atoms with Gasteiger partial charge >= 0.3 is 0 Å². The number of benzene rings is 1. The van der Waals surface area contributed by atoms with Crippen LogP contribution in [0.15, 0.2) is 24.3 Å². The van der Waals surface area contributed by atoms with Gasteiger partial charge in [-0.3, -0.25) is 4.79 Å². The lowest BCUT2D eigenvalue weighted by Crippen LogP contribution is -2.54. The number of carbonyl (C=O) groups excluding carboxylic acids is 1. The van der Waals surface area contributed by atoms with Gasteiger partial charge < -0.3 is 15.1 Å². The first-order valence-corrected chi connectivity index (χ1v) is 6.67. The number of nitrogens with zero attached hydrogens (tertiary/aromatic N) is 2. The molecule has 0 aliphatic carbocycles. The Bertz CT molecular complexity index is 465. The number of likely N-dealkylation sites (N-methyl/N-ethyl adjacent to an activating group) is 1. The number of rotatable bonds is 2. The predicted octanol–water partition coefficient (Wildman–Crippen LogP) is 1.92. The van der Waals surface area contributed by atoms with Crippen LogP contribution >= 0.6 is 24.8 Å². The minimum Gasteiger partial charge on any atom is -0.368 e. The Morgan fingerprint density at radius 2 is 1.85 bits per heavy atom. The van der Waals surface area contributed by atoms with Gasteiger partial charge in [-0.15, -0.1) is 24.8 Å². The van der Waals surface area contributed by atoms with Crippen molar-refractivity contribution < 1.29 is 4.79 Å². The molecule has 112 valence electrons. The van der Waals surface area contributed by atoms with Gasteiger partial charge in [-0.2, -0.15) is 0 Å². The summed E-state index contributed by atoms with van der Waals surface area (Å²) >= 11 is 0. The average Bonchev–Trinajstić information content (AvgIpc) is 2.35. The summed E-state index contributed by atoms with van der Waals surface area (Å²) in [4.78, 5) is 16.7. The monoisotopic (exact) mass is 317 g/mol. The van der Waals surface area contributed by atoms with Crippen molar-refractivity contribution >= 4 is 42.1 Å². The Hall–Kier alpha value is -0.970. The molecular formula is C14H21Cl2N3O. The number of anilines is 2. The van der Waals surface area contributed by atoms with E-state index >= 15 is 0 Å². The van der Waals surface area contributed by atoms with Gasteiger partial charge in [-0.1, -0.05) is 12.1 Å². The fourth-order valence-corrected chi connectivity index (χ4v) is 2.66. The minimum absolute atomic E-state index is 0. The standard InChI is InChI=1S/C14H19N3O.2ClH/c1-2-16-7-8-17(14(18)11-9-15-10-11)13-6-4-3-5-12(13)16;;/h3-6,11,15H,2,7-10H2,1H3;2*1H. The van der Waals surface area contributed by atoms with Gasteiger partial charge in [0.05, 0.1) is 17.3 Å². The molecule has 20 heavy (non-hydrogen) atoms. The van der Waals surface area contributed by atoms with Crippen molar-refractivity contribution in [1.82, 2.24) is 5.32 Å². The molecule has 0 atom stereocenters. The van der Waals surface area contributed by atoms with E-state index in [1.165, 1.54) is 5.69 Å². The third kappa shape index (κ3) is 2.87. The molecule has 0 radical (unpaired) electrons. The molecule has 6 heteroatoms. The van der Waals surface area contributed by atoms with E-state index in [9.17, 15) is 4.79 Å². The van der Waals surface area contributed by atoms with Crippen LogP contribution in [0.5, 0.6) is 0 Å². The third-order valence-corrected chi connectivity index (χ3v) is 3.89. The first kappa shape index (κ1) is 17.1. The van der Waals surface area contributed by atoms with Crippen LogP contribution in [0.25, 0.3) is 0 Å². The molecule has 0 unspecified atom stereocenters. The zero-order valence-corrected chi connectivity index (χ0v) is 13.2. The van der Waals surface area contributed by atoms with Crippen LogP contribution in [0, 0.1) is 5.92 Å². The lowest BCUT2D eigenvalue weighted by Gasteiger charge is -2.40. The summed E-state index contributed by atoms with van der Waals surface area (Å²) in [5.41, 5.74) is 2.26. The van der Waals surface area contributed by atoms with E-state index < -0.39 is 0 Å². The molecular weight excluding hydrogens is 297 g/mol. The molecule has 1 amide bonds. The van der Waals surface area contributed by atoms with Crippen LogP contribution in [0.1, 0.15) is 6.92 Å². The summed E-state index contributed by atoms with van der Waals surface area (Å²) in [6.45, 7) is 6.54.